The summed E-state index contributed by atoms with van der Waals surface area (Å²) in [6.07, 6.45) is 7.37. The first kappa shape index (κ1) is 19.2. The molecule has 0 aliphatic carbocycles. The van der Waals surface area contributed by atoms with Gasteiger partial charge in [-0.2, -0.15) is 0 Å². The van der Waals surface area contributed by atoms with Crippen LogP contribution in [0.3, 0.4) is 0 Å². The maximum Gasteiger partial charge on any atom is 0.229 e. The summed E-state index contributed by atoms with van der Waals surface area (Å²) in [5.74, 6) is 1.37. The fraction of sp³-hybridized carbons (Fsp3) is 0.391. The second kappa shape index (κ2) is 9.36. The van der Waals surface area contributed by atoms with Crippen LogP contribution in [0, 0.1) is 0 Å². The van der Waals surface area contributed by atoms with Crippen LogP contribution in [-0.2, 0) is 0 Å². The Labute approximate surface area is 161 Å². The molecule has 0 aliphatic rings. The number of aromatic nitrogens is 2. The topological polar surface area (TPSA) is 44.1 Å². The molecule has 4 heteroatoms. The minimum atomic E-state index is -0.0515. The number of fused-ring (bicyclic) bond motifs is 1. The van der Waals surface area contributed by atoms with Gasteiger partial charge in [-0.1, -0.05) is 63.3 Å². The lowest BCUT2D eigenvalue weighted by atomic mass is 10.1. The third kappa shape index (κ3) is 4.57. The molecule has 0 radical (unpaired) electrons. The van der Waals surface area contributed by atoms with Crippen LogP contribution in [0.1, 0.15) is 57.2 Å². The van der Waals surface area contributed by atoms with Crippen molar-refractivity contribution >= 4 is 16.9 Å². The van der Waals surface area contributed by atoms with Crippen LogP contribution in [0.4, 0.5) is 0 Å². The lowest BCUT2D eigenvalue weighted by Gasteiger charge is -2.12. The van der Waals surface area contributed by atoms with Gasteiger partial charge in [-0.15, -0.1) is 0 Å². The summed E-state index contributed by atoms with van der Waals surface area (Å²) in [7, 11) is 0. The van der Waals surface area contributed by atoms with E-state index in [1.807, 2.05) is 48.5 Å². The van der Waals surface area contributed by atoms with E-state index in [2.05, 4.69) is 6.92 Å². The van der Waals surface area contributed by atoms with Crippen molar-refractivity contribution in [2.45, 2.75) is 52.4 Å². The highest BCUT2D eigenvalue weighted by atomic mass is 16.5. The Morgan fingerprint density at radius 3 is 2.48 bits per heavy atom. The molecule has 0 bridgehead atoms. The molecular weight excluding hydrogens is 336 g/mol. The largest absolute Gasteiger partial charge is 0.493 e. The van der Waals surface area contributed by atoms with Gasteiger partial charge >= 0.3 is 0 Å². The first-order valence-corrected chi connectivity index (χ1v) is 9.93. The van der Waals surface area contributed by atoms with E-state index < -0.39 is 0 Å². The van der Waals surface area contributed by atoms with E-state index in [-0.39, 0.29) is 5.91 Å². The van der Waals surface area contributed by atoms with E-state index in [4.69, 9.17) is 9.72 Å². The number of ether oxygens (including phenoxy) is 1. The van der Waals surface area contributed by atoms with Crippen LogP contribution in [0.15, 0.2) is 48.5 Å². The molecule has 2 aromatic carbocycles. The van der Waals surface area contributed by atoms with E-state index in [9.17, 15) is 4.79 Å². The van der Waals surface area contributed by atoms with Gasteiger partial charge in [0, 0.05) is 6.92 Å². The first-order chi connectivity index (χ1) is 13.2. The molecule has 0 saturated heterocycles. The highest BCUT2D eigenvalue weighted by molar-refractivity contribution is 5.94. The summed E-state index contributed by atoms with van der Waals surface area (Å²) in [6.45, 7) is 4.48. The Hall–Kier alpha value is -2.62. The Balaban J connectivity index is 1.79. The van der Waals surface area contributed by atoms with Crippen LogP contribution in [0.25, 0.3) is 22.4 Å². The van der Waals surface area contributed by atoms with Gasteiger partial charge in [0.1, 0.15) is 5.75 Å². The van der Waals surface area contributed by atoms with Crippen molar-refractivity contribution in [3.63, 3.8) is 0 Å². The van der Waals surface area contributed by atoms with E-state index >= 15 is 0 Å². The van der Waals surface area contributed by atoms with Crippen molar-refractivity contribution in [1.82, 2.24) is 9.55 Å². The van der Waals surface area contributed by atoms with Gasteiger partial charge in [0.25, 0.3) is 0 Å². The molecule has 3 aromatic rings. The molecule has 3 rings (SSSR count). The Morgan fingerprint density at radius 2 is 1.67 bits per heavy atom. The number of rotatable bonds is 9. The summed E-state index contributed by atoms with van der Waals surface area (Å²) in [6, 6.07) is 15.6. The van der Waals surface area contributed by atoms with Crippen LogP contribution in [0.2, 0.25) is 0 Å². The minimum Gasteiger partial charge on any atom is -0.493 e. The number of imidazole rings is 1. The van der Waals surface area contributed by atoms with Crippen molar-refractivity contribution in [3.8, 4) is 17.1 Å². The molecule has 4 nitrogen and oxygen atoms in total. The molecule has 0 saturated carbocycles. The summed E-state index contributed by atoms with van der Waals surface area (Å²) in [5, 5.41) is 0. The van der Waals surface area contributed by atoms with E-state index in [0.717, 1.165) is 28.8 Å². The molecule has 0 aliphatic heterocycles. The molecular formula is C23H28N2O2. The van der Waals surface area contributed by atoms with Crippen molar-refractivity contribution in [1.29, 1.82) is 0 Å². The Kier molecular flexibility index (Phi) is 6.64. The lowest BCUT2D eigenvalue weighted by Crippen LogP contribution is -2.08. The number of para-hydroxylation sites is 3. The van der Waals surface area contributed by atoms with Crippen LogP contribution in [0.5, 0.6) is 5.75 Å². The van der Waals surface area contributed by atoms with Gasteiger partial charge in [-0.05, 0) is 30.7 Å². The second-order valence-corrected chi connectivity index (χ2v) is 6.89. The number of hydrogen-bond donors (Lipinski definition) is 0. The van der Waals surface area contributed by atoms with Crippen molar-refractivity contribution < 1.29 is 9.53 Å². The zero-order chi connectivity index (χ0) is 19.1. The number of unbranched alkanes of at least 4 members (excludes halogenated alkanes) is 5. The molecule has 0 N–H and O–H groups in total. The number of nitrogens with zero attached hydrogens (tertiary/aromatic N) is 2. The van der Waals surface area contributed by atoms with Crippen LogP contribution >= 0.6 is 0 Å². The van der Waals surface area contributed by atoms with Gasteiger partial charge in [0.2, 0.25) is 5.91 Å². The molecule has 0 atom stereocenters. The molecule has 0 unspecified atom stereocenters. The van der Waals surface area contributed by atoms with Gasteiger partial charge in [-0.25, -0.2) is 4.98 Å². The molecule has 27 heavy (non-hydrogen) atoms. The fourth-order valence-electron chi connectivity index (χ4n) is 3.37. The third-order valence-corrected chi connectivity index (χ3v) is 4.76. The van der Waals surface area contributed by atoms with Gasteiger partial charge in [-0.3, -0.25) is 9.36 Å². The normalized spacial score (nSPS) is 11.0. The monoisotopic (exact) mass is 364 g/mol. The molecule has 1 aromatic heterocycles. The maximum atomic E-state index is 12.3. The van der Waals surface area contributed by atoms with E-state index in [1.165, 1.54) is 32.1 Å². The summed E-state index contributed by atoms with van der Waals surface area (Å²) >= 11 is 0. The number of carbonyl (C=O) groups is 1. The highest BCUT2D eigenvalue weighted by Crippen LogP contribution is 2.32. The van der Waals surface area contributed by atoms with Crippen molar-refractivity contribution in [2.75, 3.05) is 6.61 Å². The molecule has 1 heterocycles. The molecule has 142 valence electrons. The Bertz CT molecular complexity index is 898. The predicted molar refractivity (Wildman–Crippen MR) is 110 cm³/mol. The minimum absolute atomic E-state index is 0.0515. The zero-order valence-electron chi connectivity index (χ0n) is 16.3. The highest BCUT2D eigenvalue weighted by Gasteiger charge is 2.18. The smallest absolute Gasteiger partial charge is 0.229 e. The summed E-state index contributed by atoms with van der Waals surface area (Å²) in [4.78, 5) is 17.0. The standard InChI is InChI=1S/C23H28N2O2/c1-3-4-5-6-7-12-17-27-22-16-11-8-13-19(22)23-24-20-14-9-10-15-21(20)25(23)18(2)26/h8-11,13-16H,3-7,12,17H2,1-2H3. The number of carbonyl (C=O) groups excluding carboxylic acids is 1. The fourth-order valence-corrected chi connectivity index (χ4v) is 3.37. The van der Waals surface area contributed by atoms with E-state index in [1.54, 1.807) is 11.5 Å². The van der Waals surface area contributed by atoms with Gasteiger partial charge in [0.05, 0.1) is 23.2 Å². The predicted octanol–water partition coefficient (Wildman–Crippen LogP) is 6.10. The molecule has 0 spiro atoms. The molecule has 0 amide bonds. The van der Waals surface area contributed by atoms with Crippen LogP contribution < -0.4 is 4.74 Å². The summed E-state index contributed by atoms with van der Waals surface area (Å²) in [5.41, 5.74) is 2.49. The van der Waals surface area contributed by atoms with Gasteiger partial charge < -0.3 is 4.74 Å². The Morgan fingerprint density at radius 1 is 0.963 bits per heavy atom. The number of benzene rings is 2. The second-order valence-electron chi connectivity index (χ2n) is 6.89. The molecule has 0 fully saturated rings. The first-order valence-electron chi connectivity index (χ1n) is 9.93. The summed E-state index contributed by atoms with van der Waals surface area (Å²) < 4.78 is 7.73. The number of hydrogen-bond acceptors (Lipinski definition) is 3. The van der Waals surface area contributed by atoms with Crippen molar-refractivity contribution in [3.05, 3.63) is 48.5 Å². The average Bonchev–Trinajstić information content (AvgIpc) is 3.07. The SMILES string of the molecule is CCCCCCCCOc1ccccc1-c1nc2ccccc2n1C(C)=O. The maximum absolute atomic E-state index is 12.3. The quantitative estimate of drug-likeness (QED) is 0.431. The van der Waals surface area contributed by atoms with Crippen LogP contribution in [-0.4, -0.2) is 22.1 Å². The lowest BCUT2D eigenvalue weighted by molar-refractivity contribution is 0.0943. The average molecular weight is 364 g/mol. The zero-order valence-corrected chi connectivity index (χ0v) is 16.3. The van der Waals surface area contributed by atoms with E-state index in [0.29, 0.717) is 12.4 Å². The third-order valence-electron chi connectivity index (χ3n) is 4.76. The van der Waals surface area contributed by atoms with Crippen molar-refractivity contribution in [2.24, 2.45) is 0 Å². The van der Waals surface area contributed by atoms with Gasteiger partial charge in [0.15, 0.2) is 5.82 Å².